The average molecular weight is 499 g/mol. The standard InChI is InChI=1S/C24H34N8O4/c1-3-4-17(7-10-33)29-22-21-18(30-24(31-22)36-23(25)34)13-28-32(21)14-19-20(35-2)11-16(12-27-19)15-5-8-26-9-6-15/h11-13,15,17,26,33H,3-10,14H2,1-2H3,(H2,25,34)(H,29,30,31). The second-order valence-corrected chi connectivity index (χ2v) is 8.90. The van der Waals surface area contributed by atoms with E-state index in [0.29, 0.717) is 41.5 Å². The average Bonchev–Trinajstić information content (AvgIpc) is 3.27. The summed E-state index contributed by atoms with van der Waals surface area (Å²) < 4.78 is 12.4. The van der Waals surface area contributed by atoms with E-state index >= 15 is 0 Å². The van der Waals surface area contributed by atoms with Crippen LogP contribution in [0.25, 0.3) is 11.0 Å². The zero-order valence-corrected chi connectivity index (χ0v) is 20.7. The van der Waals surface area contributed by atoms with Crippen molar-refractivity contribution in [3.63, 3.8) is 0 Å². The Morgan fingerprint density at radius 2 is 2.11 bits per heavy atom. The van der Waals surface area contributed by atoms with E-state index in [0.717, 1.165) is 44.5 Å². The first-order valence-corrected chi connectivity index (χ1v) is 12.3. The predicted octanol–water partition coefficient (Wildman–Crippen LogP) is 2.17. The van der Waals surface area contributed by atoms with Crippen LogP contribution in [-0.4, -0.2) is 68.8 Å². The Kier molecular flexibility index (Phi) is 8.49. The van der Waals surface area contributed by atoms with Crippen molar-refractivity contribution in [2.45, 2.75) is 57.5 Å². The Hall–Kier alpha value is -3.51. The molecule has 0 aliphatic carbocycles. The molecule has 12 nitrogen and oxygen atoms in total. The number of primary amides is 1. The molecular weight excluding hydrogens is 464 g/mol. The van der Waals surface area contributed by atoms with E-state index in [4.69, 9.17) is 20.2 Å². The van der Waals surface area contributed by atoms with E-state index in [-0.39, 0.29) is 18.7 Å². The zero-order valence-electron chi connectivity index (χ0n) is 20.7. The molecule has 12 heteroatoms. The number of methoxy groups -OCH3 is 1. The van der Waals surface area contributed by atoms with E-state index < -0.39 is 6.09 Å². The summed E-state index contributed by atoms with van der Waals surface area (Å²) in [4.78, 5) is 24.7. The van der Waals surface area contributed by atoms with Crippen molar-refractivity contribution in [2.75, 3.05) is 32.1 Å². The number of amides is 1. The van der Waals surface area contributed by atoms with Crippen LogP contribution in [0.2, 0.25) is 0 Å². The molecule has 1 aliphatic heterocycles. The fraction of sp³-hybridized carbons (Fsp3) is 0.542. The molecule has 1 unspecified atom stereocenters. The van der Waals surface area contributed by atoms with Gasteiger partial charge in [0.15, 0.2) is 5.82 Å². The Balaban J connectivity index is 1.69. The number of pyridine rings is 1. The number of carbonyl (C=O) groups excluding carboxylic acids is 1. The molecule has 1 fully saturated rings. The molecule has 5 N–H and O–H groups in total. The second kappa shape index (κ2) is 12.0. The Morgan fingerprint density at radius 3 is 2.81 bits per heavy atom. The van der Waals surface area contributed by atoms with Gasteiger partial charge in [0.1, 0.15) is 22.5 Å². The predicted molar refractivity (Wildman–Crippen MR) is 134 cm³/mol. The molecule has 0 radical (unpaired) electrons. The van der Waals surface area contributed by atoms with Crippen molar-refractivity contribution in [3.05, 3.63) is 29.7 Å². The van der Waals surface area contributed by atoms with Gasteiger partial charge in [-0.1, -0.05) is 13.3 Å². The minimum absolute atomic E-state index is 0.0281. The number of fused-ring (bicyclic) bond motifs is 1. The van der Waals surface area contributed by atoms with Crippen molar-refractivity contribution in [2.24, 2.45) is 5.73 Å². The molecular formula is C24H34N8O4. The first kappa shape index (κ1) is 25.6. The summed E-state index contributed by atoms with van der Waals surface area (Å²) in [6.07, 6.45) is 6.91. The van der Waals surface area contributed by atoms with E-state index in [1.807, 2.05) is 6.20 Å². The summed E-state index contributed by atoms with van der Waals surface area (Å²) >= 11 is 0. The highest BCUT2D eigenvalue weighted by molar-refractivity contribution is 5.86. The number of aliphatic hydroxyl groups is 1. The molecule has 1 saturated heterocycles. The van der Waals surface area contributed by atoms with Crippen molar-refractivity contribution in [3.8, 4) is 11.8 Å². The lowest BCUT2D eigenvalue weighted by Gasteiger charge is -2.23. The lowest BCUT2D eigenvalue weighted by atomic mass is 9.91. The monoisotopic (exact) mass is 498 g/mol. The topological polar surface area (TPSA) is 162 Å². The van der Waals surface area contributed by atoms with Gasteiger partial charge >= 0.3 is 12.1 Å². The number of rotatable bonds is 11. The molecule has 1 atom stereocenters. The second-order valence-electron chi connectivity index (χ2n) is 8.90. The summed E-state index contributed by atoms with van der Waals surface area (Å²) in [6, 6.07) is 1.86. The molecule has 36 heavy (non-hydrogen) atoms. The Bertz CT molecular complexity index is 1170. The molecule has 4 heterocycles. The number of aromatic nitrogens is 5. The highest BCUT2D eigenvalue weighted by atomic mass is 16.6. The molecule has 1 amide bonds. The van der Waals surface area contributed by atoms with Gasteiger partial charge in [0.25, 0.3) is 0 Å². The van der Waals surface area contributed by atoms with Gasteiger partial charge < -0.3 is 30.9 Å². The Morgan fingerprint density at radius 1 is 1.31 bits per heavy atom. The molecule has 0 bridgehead atoms. The number of hydrogen-bond donors (Lipinski definition) is 4. The molecule has 4 rings (SSSR count). The quantitative estimate of drug-likeness (QED) is 0.308. The van der Waals surface area contributed by atoms with Crippen molar-refractivity contribution in [1.29, 1.82) is 0 Å². The molecule has 1 aliphatic rings. The third-order valence-electron chi connectivity index (χ3n) is 6.40. The van der Waals surface area contributed by atoms with Crippen molar-refractivity contribution in [1.82, 2.24) is 30.0 Å². The van der Waals surface area contributed by atoms with E-state index in [9.17, 15) is 9.90 Å². The fourth-order valence-corrected chi connectivity index (χ4v) is 4.62. The molecule has 0 aromatic carbocycles. The highest BCUT2D eigenvalue weighted by Gasteiger charge is 2.21. The molecule has 3 aromatic heterocycles. The smallest absolute Gasteiger partial charge is 0.412 e. The minimum Gasteiger partial charge on any atom is -0.495 e. The number of nitrogens with two attached hydrogens (primary N) is 1. The van der Waals surface area contributed by atoms with Gasteiger partial charge in [-0.15, -0.1) is 0 Å². The number of hydrogen-bond acceptors (Lipinski definition) is 10. The summed E-state index contributed by atoms with van der Waals surface area (Å²) in [5.41, 5.74) is 8.18. The first-order valence-electron chi connectivity index (χ1n) is 12.3. The third-order valence-corrected chi connectivity index (χ3v) is 6.40. The molecule has 3 aromatic rings. The van der Waals surface area contributed by atoms with Crippen LogP contribution in [-0.2, 0) is 6.54 Å². The maximum Gasteiger partial charge on any atom is 0.412 e. The van der Waals surface area contributed by atoms with Gasteiger partial charge in [-0.3, -0.25) is 9.67 Å². The highest BCUT2D eigenvalue weighted by Crippen LogP contribution is 2.30. The zero-order chi connectivity index (χ0) is 25.5. The summed E-state index contributed by atoms with van der Waals surface area (Å²) in [7, 11) is 1.64. The normalized spacial score (nSPS) is 15.1. The van der Waals surface area contributed by atoms with Crippen LogP contribution in [0.1, 0.15) is 56.2 Å². The maximum atomic E-state index is 11.3. The number of nitrogens with zero attached hydrogens (tertiary/aromatic N) is 5. The molecule has 0 spiro atoms. The summed E-state index contributed by atoms with van der Waals surface area (Å²) in [6.45, 7) is 4.42. The van der Waals surface area contributed by atoms with E-state index in [1.165, 1.54) is 5.56 Å². The number of nitrogens with one attached hydrogen (secondary N) is 2. The van der Waals surface area contributed by atoms with Crippen LogP contribution in [0.3, 0.4) is 0 Å². The molecule has 194 valence electrons. The van der Waals surface area contributed by atoms with Gasteiger partial charge in [-0.05, 0) is 56.3 Å². The van der Waals surface area contributed by atoms with Crippen LogP contribution in [0.4, 0.5) is 10.6 Å². The minimum atomic E-state index is -1.00. The number of aliphatic hydroxyl groups excluding tert-OH is 1. The van der Waals surface area contributed by atoms with E-state index in [1.54, 1.807) is 18.0 Å². The number of anilines is 1. The van der Waals surface area contributed by atoms with Crippen LogP contribution >= 0.6 is 0 Å². The van der Waals surface area contributed by atoms with Crippen LogP contribution in [0.5, 0.6) is 11.8 Å². The number of ether oxygens (including phenoxy) is 2. The molecule has 0 saturated carbocycles. The van der Waals surface area contributed by atoms with Crippen LogP contribution in [0.15, 0.2) is 18.5 Å². The third kappa shape index (κ3) is 6.00. The SMILES string of the molecule is CCCC(CCO)Nc1nc(OC(N)=O)nc2cnn(Cc3ncc(C4CCNCC4)cc3OC)c12. The largest absolute Gasteiger partial charge is 0.495 e. The van der Waals surface area contributed by atoms with Gasteiger partial charge in [0, 0.05) is 18.8 Å². The van der Waals surface area contributed by atoms with Gasteiger partial charge in [-0.2, -0.15) is 15.1 Å². The first-order chi connectivity index (χ1) is 17.5. The van der Waals surface area contributed by atoms with Crippen molar-refractivity contribution >= 4 is 22.9 Å². The van der Waals surface area contributed by atoms with Crippen molar-refractivity contribution < 1.29 is 19.4 Å². The maximum absolute atomic E-state index is 11.3. The lowest BCUT2D eigenvalue weighted by molar-refractivity contribution is 0.207. The van der Waals surface area contributed by atoms with Gasteiger partial charge in [0.2, 0.25) is 0 Å². The van der Waals surface area contributed by atoms with Crippen LogP contribution in [0, 0.1) is 0 Å². The summed E-state index contributed by atoms with van der Waals surface area (Å²) in [5.74, 6) is 1.59. The number of carbonyl (C=O) groups is 1. The fourth-order valence-electron chi connectivity index (χ4n) is 4.62. The lowest BCUT2D eigenvalue weighted by Crippen LogP contribution is -2.26. The number of piperidine rings is 1. The van der Waals surface area contributed by atoms with E-state index in [2.05, 4.69) is 38.7 Å². The van der Waals surface area contributed by atoms with Gasteiger partial charge in [-0.25, -0.2) is 4.79 Å². The van der Waals surface area contributed by atoms with Crippen LogP contribution < -0.4 is 25.8 Å². The van der Waals surface area contributed by atoms with Gasteiger partial charge in [0.05, 0.1) is 19.9 Å². The summed E-state index contributed by atoms with van der Waals surface area (Å²) in [5, 5.41) is 20.8. The Labute approximate surface area is 209 Å².